The largest absolute Gasteiger partial charge is 0.478 e. The molecule has 0 spiro atoms. The van der Waals surface area contributed by atoms with Crippen molar-refractivity contribution in [3.05, 3.63) is 34.1 Å². The van der Waals surface area contributed by atoms with Crippen molar-refractivity contribution in [2.24, 2.45) is 7.05 Å². The van der Waals surface area contributed by atoms with E-state index in [0.717, 1.165) is 19.4 Å². The van der Waals surface area contributed by atoms with Crippen LogP contribution >= 0.6 is 0 Å². The summed E-state index contributed by atoms with van der Waals surface area (Å²) in [7, 11) is 3.56. The van der Waals surface area contributed by atoms with Crippen LogP contribution in [0.1, 0.15) is 30.1 Å². The molecule has 0 saturated heterocycles. The molecule has 0 aliphatic heterocycles. The van der Waals surface area contributed by atoms with Crippen molar-refractivity contribution in [1.29, 1.82) is 0 Å². The van der Waals surface area contributed by atoms with Gasteiger partial charge in [0.1, 0.15) is 0 Å². The molecule has 1 N–H and O–H groups in total. The quantitative estimate of drug-likeness (QED) is 0.909. The predicted octanol–water partition coefficient (Wildman–Crippen LogP) is 1.87. The molecule has 112 valence electrons. The highest BCUT2D eigenvalue weighted by molar-refractivity contribution is 5.93. The van der Waals surface area contributed by atoms with Crippen molar-refractivity contribution in [2.45, 2.75) is 19.8 Å². The number of carboxylic acid groups (broad SMARTS) is 1. The topological polar surface area (TPSA) is 75.4 Å². The van der Waals surface area contributed by atoms with Gasteiger partial charge in [-0.3, -0.25) is 9.36 Å². The van der Waals surface area contributed by atoms with Crippen LogP contribution in [0.2, 0.25) is 0 Å². The fourth-order valence-electron chi connectivity index (χ4n) is 2.23. The lowest BCUT2D eigenvalue weighted by molar-refractivity contribution is 0.0697. The zero-order valence-electron chi connectivity index (χ0n) is 12.5. The third kappa shape index (κ3) is 2.89. The molecule has 21 heavy (non-hydrogen) atoms. The molecule has 0 bridgehead atoms. The summed E-state index contributed by atoms with van der Waals surface area (Å²) in [6.07, 6.45) is 2.05. The van der Waals surface area contributed by atoms with Gasteiger partial charge in [-0.25, -0.2) is 9.78 Å². The number of carbonyl (C=O) groups is 1. The summed E-state index contributed by atoms with van der Waals surface area (Å²) in [6, 6.07) is 4.38. The van der Waals surface area contributed by atoms with Crippen LogP contribution in [0.3, 0.4) is 0 Å². The second-order valence-corrected chi connectivity index (χ2v) is 5.09. The Morgan fingerprint density at radius 1 is 1.43 bits per heavy atom. The fourth-order valence-corrected chi connectivity index (χ4v) is 2.23. The first-order valence-corrected chi connectivity index (χ1v) is 6.91. The average Bonchev–Trinajstić information content (AvgIpc) is 2.47. The Morgan fingerprint density at radius 3 is 2.76 bits per heavy atom. The van der Waals surface area contributed by atoms with Crippen molar-refractivity contribution in [1.82, 2.24) is 9.55 Å². The van der Waals surface area contributed by atoms with Crippen molar-refractivity contribution >= 4 is 22.8 Å². The van der Waals surface area contributed by atoms with Gasteiger partial charge >= 0.3 is 5.97 Å². The van der Waals surface area contributed by atoms with Crippen LogP contribution in [-0.2, 0) is 7.05 Å². The molecule has 0 amide bonds. The van der Waals surface area contributed by atoms with Crippen LogP contribution in [-0.4, -0.2) is 34.2 Å². The molecule has 0 aliphatic rings. The van der Waals surface area contributed by atoms with Gasteiger partial charge in [0, 0.05) is 20.6 Å². The van der Waals surface area contributed by atoms with E-state index in [1.165, 1.54) is 22.8 Å². The molecule has 6 heteroatoms. The van der Waals surface area contributed by atoms with Gasteiger partial charge in [-0.05, 0) is 24.6 Å². The van der Waals surface area contributed by atoms with E-state index < -0.39 is 5.97 Å². The number of nitrogens with zero attached hydrogens (tertiary/aromatic N) is 3. The Labute approximate surface area is 122 Å². The molecule has 1 aromatic heterocycles. The number of fused-ring (bicyclic) bond motifs is 1. The third-order valence-corrected chi connectivity index (χ3v) is 3.49. The molecule has 0 fully saturated rings. The molecule has 0 radical (unpaired) electrons. The minimum absolute atomic E-state index is 0.130. The van der Waals surface area contributed by atoms with E-state index in [-0.39, 0.29) is 11.1 Å². The third-order valence-electron chi connectivity index (χ3n) is 3.49. The van der Waals surface area contributed by atoms with E-state index in [4.69, 9.17) is 5.11 Å². The van der Waals surface area contributed by atoms with Crippen molar-refractivity contribution in [2.75, 3.05) is 18.5 Å². The number of carboxylic acids is 1. The highest BCUT2D eigenvalue weighted by atomic mass is 16.4. The Morgan fingerprint density at radius 2 is 2.14 bits per heavy atom. The highest BCUT2D eigenvalue weighted by Crippen LogP contribution is 2.15. The molecule has 0 unspecified atom stereocenters. The summed E-state index contributed by atoms with van der Waals surface area (Å²) in [5.74, 6) is -0.483. The molecule has 2 rings (SSSR count). The van der Waals surface area contributed by atoms with Crippen molar-refractivity contribution < 1.29 is 9.90 Å². The van der Waals surface area contributed by atoms with Gasteiger partial charge in [0.25, 0.3) is 5.56 Å². The number of aromatic carboxylic acids is 1. The molecule has 1 heterocycles. The second-order valence-electron chi connectivity index (χ2n) is 5.09. The van der Waals surface area contributed by atoms with Crippen LogP contribution in [0.25, 0.3) is 10.9 Å². The highest BCUT2D eigenvalue weighted by Gasteiger charge is 2.13. The molecular weight excluding hydrogens is 270 g/mol. The van der Waals surface area contributed by atoms with Crippen molar-refractivity contribution in [3.63, 3.8) is 0 Å². The number of aromatic nitrogens is 2. The number of hydrogen-bond acceptors (Lipinski definition) is 4. The summed E-state index contributed by atoms with van der Waals surface area (Å²) >= 11 is 0. The van der Waals surface area contributed by atoms with Gasteiger partial charge in [0.15, 0.2) is 0 Å². The summed E-state index contributed by atoms with van der Waals surface area (Å²) in [5.41, 5.74) is 0.372. The van der Waals surface area contributed by atoms with Crippen LogP contribution in [0.4, 0.5) is 5.95 Å². The molecule has 0 aliphatic carbocycles. The number of hydrogen-bond donors (Lipinski definition) is 1. The normalized spacial score (nSPS) is 10.8. The lowest BCUT2D eigenvalue weighted by Crippen LogP contribution is -2.29. The smallest absolute Gasteiger partial charge is 0.335 e. The zero-order valence-corrected chi connectivity index (χ0v) is 12.5. The van der Waals surface area contributed by atoms with E-state index in [1.807, 2.05) is 11.9 Å². The predicted molar refractivity (Wildman–Crippen MR) is 82.1 cm³/mol. The van der Waals surface area contributed by atoms with Gasteiger partial charge in [0.05, 0.1) is 16.5 Å². The van der Waals surface area contributed by atoms with E-state index >= 15 is 0 Å². The minimum atomic E-state index is -1.03. The standard InChI is InChI=1S/C15H19N3O3/c1-4-5-8-17(2)15-16-12-9-10(14(20)21)6-7-11(12)13(19)18(15)3/h6-7,9H,4-5,8H2,1-3H3,(H,20,21). The van der Waals surface area contributed by atoms with E-state index in [9.17, 15) is 9.59 Å². The fraction of sp³-hybridized carbons (Fsp3) is 0.400. The van der Waals surface area contributed by atoms with Gasteiger partial charge in [-0.2, -0.15) is 0 Å². The Kier molecular flexibility index (Phi) is 4.26. The Bertz CT molecular complexity index is 737. The van der Waals surface area contributed by atoms with Gasteiger partial charge < -0.3 is 10.0 Å². The summed E-state index contributed by atoms with van der Waals surface area (Å²) < 4.78 is 1.50. The molecule has 2 aromatic rings. The van der Waals surface area contributed by atoms with Gasteiger partial charge in [-0.15, -0.1) is 0 Å². The van der Waals surface area contributed by atoms with Crippen molar-refractivity contribution in [3.8, 4) is 0 Å². The first-order valence-electron chi connectivity index (χ1n) is 6.91. The number of unbranched alkanes of at least 4 members (excludes halogenated alkanes) is 1. The lowest BCUT2D eigenvalue weighted by atomic mass is 10.1. The number of rotatable bonds is 5. The summed E-state index contributed by atoms with van der Waals surface area (Å²) in [4.78, 5) is 29.8. The molecule has 6 nitrogen and oxygen atoms in total. The number of anilines is 1. The Balaban J connectivity index is 2.59. The molecule has 1 aromatic carbocycles. The molecule has 0 atom stereocenters. The molecular formula is C15H19N3O3. The maximum atomic E-state index is 12.4. The van der Waals surface area contributed by atoms with Crippen LogP contribution in [0, 0.1) is 0 Å². The van der Waals surface area contributed by atoms with Crippen LogP contribution in [0.15, 0.2) is 23.0 Å². The first-order chi connectivity index (χ1) is 9.95. The average molecular weight is 289 g/mol. The monoisotopic (exact) mass is 289 g/mol. The van der Waals surface area contributed by atoms with E-state index in [2.05, 4.69) is 11.9 Å². The second kappa shape index (κ2) is 5.95. The van der Waals surface area contributed by atoms with Gasteiger partial charge in [-0.1, -0.05) is 13.3 Å². The van der Waals surface area contributed by atoms with Gasteiger partial charge in [0.2, 0.25) is 5.95 Å². The minimum Gasteiger partial charge on any atom is -0.478 e. The van der Waals surface area contributed by atoms with E-state index in [1.54, 1.807) is 7.05 Å². The van der Waals surface area contributed by atoms with Crippen LogP contribution < -0.4 is 10.5 Å². The number of benzene rings is 1. The Hall–Kier alpha value is -2.37. The first kappa shape index (κ1) is 15.0. The SMILES string of the molecule is CCCCN(C)c1nc2cc(C(=O)O)ccc2c(=O)n1C. The zero-order chi connectivity index (χ0) is 15.6. The maximum absolute atomic E-state index is 12.4. The summed E-state index contributed by atoms with van der Waals surface area (Å²) in [6.45, 7) is 2.89. The van der Waals surface area contributed by atoms with E-state index in [0.29, 0.717) is 16.9 Å². The molecule has 0 saturated carbocycles. The lowest BCUT2D eigenvalue weighted by Gasteiger charge is -2.20. The summed E-state index contributed by atoms with van der Waals surface area (Å²) in [5, 5.41) is 9.47. The van der Waals surface area contributed by atoms with Crippen LogP contribution in [0.5, 0.6) is 0 Å². The maximum Gasteiger partial charge on any atom is 0.335 e.